The van der Waals surface area contributed by atoms with E-state index >= 15 is 0 Å². The number of ether oxygens (including phenoxy) is 1. The summed E-state index contributed by atoms with van der Waals surface area (Å²) in [7, 11) is -4.27. The number of sulfonamides is 1. The fraction of sp³-hybridized carbons (Fsp3) is 0.174. The van der Waals surface area contributed by atoms with Gasteiger partial charge in [0.2, 0.25) is 15.9 Å². The van der Waals surface area contributed by atoms with E-state index < -0.39 is 32.7 Å². The van der Waals surface area contributed by atoms with E-state index in [-0.39, 0.29) is 6.42 Å². The highest BCUT2D eigenvalue weighted by Gasteiger charge is 2.28. The average molecular weight is 443 g/mol. The van der Waals surface area contributed by atoms with Crippen molar-refractivity contribution in [3.05, 3.63) is 90.2 Å². The Morgan fingerprint density at radius 1 is 0.968 bits per heavy atom. The van der Waals surface area contributed by atoms with Crippen LogP contribution in [0.15, 0.2) is 83.8 Å². The number of halogens is 1. The molecule has 0 aliphatic rings. The third kappa shape index (κ3) is 6.13. The van der Waals surface area contributed by atoms with Crippen molar-refractivity contribution in [2.24, 2.45) is 0 Å². The number of amides is 1. The highest BCUT2D eigenvalue weighted by molar-refractivity contribution is 7.89. The van der Waals surface area contributed by atoms with Crippen LogP contribution in [0.25, 0.3) is 0 Å². The zero-order chi connectivity index (χ0) is 22.3. The Morgan fingerprint density at radius 3 is 2.26 bits per heavy atom. The predicted molar refractivity (Wildman–Crippen MR) is 117 cm³/mol. The average Bonchev–Trinajstić information content (AvgIpc) is 2.75. The molecule has 3 aromatic rings. The molecule has 8 heteroatoms. The lowest BCUT2D eigenvalue weighted by Gasteiger charge is -2.19. The standard InChI is InChI=1S/C23H23FN2O4S/c1-2-30-19-14-12-18(13-15-19)25-23(27)21(16-17-8-4-3-5-9-17)26-31(28,29)22-11-7-6-10-20(22)24/h3-15,21,26H,2,16H2,1H3,(H,25,27). The van der Waals surface area contributed by atoms with Gasteiger partial charge in [-0.1, -0.05) is 42.5 Å². The number of anilines is 1. The fourth-order valence-corrected chi connectivity index (χ4v) is 4.26. The Hall–Kier alpha value is -3.23. The topological polar surface area (TPSA) is 84.5 Å². The molecule has 162 valence electrons. The molecule has 0 fully saturated rings. The van der Waals surface area contributed by atoms with E-state index in [0.29, 0.717) is 18.0 Å². The van der Waals surface area contributed by atoms with Gasteiger partial charge < -0.3 is 10.1 Å². The van der Waals surface area contributed by atoms with Crippen LogP contribution in [0.5, 0.6) is 5.75 Å². The Morgan fingerprint density at radius 2 is 1.61 bits per heavy atom. The minimum atomic E-state index is -4.27. The van der Waals surface area contributed by atoms with E-state index in [9.17, 15) is 17.6 Å². The van der Waals surface area contributed by atoms with Crippen LogP contribution in [0.4, 0.5) is 10.1 Å². The molecule has 0 spiro atoms. The SMILES string of the molecule is CCOc1ccc(NC(=O)C(Cc2ccccc2)NS(=O)(=O)c2ccccc2F)cc1. The molecule has 31 heavy (non-hydrogen) atoms. The second kappa shape index (κ2) is 10.2. The maximum atomic E-state index is 14.1. The molecule has 0 aromatic heterocycles. The van der Waals surface area contributed by atoms with Gasteiger partial charge in [-0.3, -0.25) is 4.79 Å². The van der Waals surface area contributed by atoms with Crippen molar-refractivity contribution < 1.29 is 22.3 Å². The number of hydrogen-bond acceptors (Lipinski definition) is 4. The van der Waals surface area contributed by atoms with Gasteiger partial charge in [-0.25, -0.2) is 12.8 Å². The first-order chi connectivity index (χ1) is 14.9. The molecule has 0 heterocycles. The van der Waals surface area contributed by atoms with E-state index in [2.05, 4.69) is 10.0 Å². The van der Waals surface area contributed by atoms with Gasteiger partial charge in [-0.2, -0.15) is 4.72 Å². The second-order valence-electron chi connectivity index (χ2n) is 6.74. The zero-order valence-electron chi connectivity index (χ0n) is 16.9. The molecule has 0 radical (unpaired) electrons. The summed E-state index contributed by atoms with van der Waals surface area (Å²) in [6.45, 7) is 2.38. The number of carbonyl (C=O) groups is 1. The van der Waals surface area contributed by atoms with E-state index in [0.717, 1.165) is 17.7 Å². The van der Waals surface area contributed by atoms with E-state index in [1.54, 1.807) is 48.5 Å². The van der Waals surface area contributed by atoms with Crippen LogP contribution in [0.2, 0.25) is 0 Å². The van der Waals surface area contributed by atoms with E-state index in [1.807, 2.05) is 13.0 Å². The summed E-state index contributed by atoms with van der Waals surface area (Å²) in [5, 5.41) is 2.71. The van der Waals surface area contributed by atoms with Crippen molar-refractivity contribution >= 4 is 21.6 Å². The second-order valence-corrected chi connectivity index (χ2v) is 8.42. The van der Waals surface area contributed by atoms with Gasteiger partial charge in [-0.15, -0.1) is 0 Å². The fourth-order valence-electron chi connectivity index (χ4n) is 2.98. The number of benzene rings is 3. The van der Waals surface area contributed by atoms with Crippen LogP contribution >= 0.6 is 0 Å². The lowest BCUT2D eigenvalue weighted by Crippen LogP contribution is -2.45. The molecular weight excluding hydrogens is 419 g/mol. The minimum absolute atomic E-state index is 0.0946. The maximum Gasteiger partial charge on any atom is 0.244 e. The van der Waals surface area contributed by atoms with Gasteiger partial charge in [0.15, 0.2) is 0 Å². The van der Waals surface area contributed by atoms with Crippen LogP contribution in [-0.4, -0.2) is 27.0 Å². The van der Waals surface area contributed by atoms with Crippen LogP contribution in [0, 0.1) is 5.82 Å². The Balaban J connectivity index is 1.83. The highest BCUT2D eigenvalue weighted by atomic mass is 32.2. The van der Waals surface area contributed by atoms with Crippen LogP contribution < -0.4 is 14.8 Å². The molecule has 0 saturated heterocycles. The normalized spacial score (nSPS) is 12.2. The summed E-state index contributed by atoms with van der Waals surface area (Å²) in [5.74, 6) is -0.796. The quantitative estimate of drug-likeness (QED) is 0.529. The predicted octanol–water partition coefficient (Wildman–Crippen LogP) is 3.75. The van der Waals surface area contributed by atoms with Crippen molar-refractivity contribution in [2.75, 3.05) is 11.9 Å². The van der Waals surface area contributed by atoms with Crippen LogP contribution in [-0.2, 0) is 21.2 Å². The van der Waals surface area contributed by atoms with Gasteiger partial charge in [0.1, 0.15) is 22.5 Å². The summed E-state index contributed by atoms with van der Waals surface area (Å²) in [5.41, 5.74) is 1.24. The van der Waals surface area contributed by atoms with Crippen molar-refractivity contribution in [3.63, 3.8) is 0 Å². The summed E-state index contributed by atoms with van der Waals surface area (Å²) in [4.78, 5) is 12.4. The van der Waals surface area contributed by atoms with Gasteiger partial charge in [0.05, 0.1) is 6.61 Å². The number of carbonyl (C=O) groups excluding carboxylic acids is 1. The van der Waals surface area contributed by atoms with Crippen molar-refractivity contribution in [3.8, 4) is 5.75 Å². The Bertz CT molecular complexity index is 1120. The lowest BCUT2D eigenvalue weighted by molar-refractivity contribution is -0.117. The molecule has 0 aliphatic heterocycles. The summed E-state index contributed by atoms with van der Waals surface area (Å²) >= 11 is 0. The molecule has 2 N–H and O–H groups in total. The smallest absolute Gasteiger partial charge is 0.244 e. The first-order valence-electron chi connectivity index (χ1n) is 9.73. The summed E-state index contributed by atoms with van der Waals surface area (Å²) in [6, 6.07) is 19.6. The van der Waals surface area contributed by atoms with Gasteiger partial charge in [-0.05, 0) is 55.3 Å². The molecular formula is C23H23FN2O4S. The lowest BCUT2D eigenvalue weighted by atomic mass is 10.1. The van der Waals surface area contributed by atoms with E-state index in [1.165, 1.54) is 12.1 Å². The first kappa shape index (κ1) is 22.5. The highest BCUT2D eigenvalue weighted by Crippen LogP contribution is 2.18. The zero-order valence-corrected chi connectivity index (χ0v) is 17.7. The first-order valence-corrected chi connectivity index (χ1v) is 11.2. The monoisotopic (exact) mass is 442 g/mol. The molecule has 0 bridgehead atoms. The van der Waals surface area contributed by atoms with E-state index in [4.69, 9.17) is 4.74 Å². The van der Waals surface area contributed by atoms with Crippen molar-refractivity contribution in [2.45, 2.75) is 24.3 Å². The van der Waals surface area contributed by atoms with Gasteiger partial charge in [0, 0.05) is 5.69 Å². The third-order valence-corrected chi connectivity index (χ3v) is 5.96. The van der Waals surface area contributed by atoms with Gasteiger partial charge >= 0.3 is 0 Å². The summed E-state index contributed by atoms with van der Waals surface area (Å²) in [6.07, 6.45) is 0.0946. The Labute approximate surface area is 181 Å². The van der Waals surface area contributed by atoms with Gasteiger partial charge in [0.25, 0.3) is 0 Å². The molecule has 1 amide bonds. The molecule has 0 saturated carbocycles. The third-order valence-electron chi connectivity index (χ3n) is 4.46. The van der Waals surface area contributed by atoms with Crippen LogP contribution in [0.1, 0.15) is 12.5 Å². The van der Waals surface area contributed by atoms with Crippen molar-refractivity contribution in [1.82, 2.24) is 4.72 Å². The molecule has 1 atom stereocenters. The minimum Gasteiger partial charge on any atom is -0.494 e. The number of nitrogens with one attached hydrogen (secondary N) is 2. The molecule has 1 unspecified atom stereocenters. The van der Waals surface area contributed by atoms with Crippen LogP contribution in [0.3, 0.4) is 0 Å². The largest absolute Gasteiger partial charge is 0.494 e. The molecule has 6 nitrogen and oxygen atoms in total. The molecule has 3 rings (SSSR count). The van der Waals surface area contributed by atoms with Crippen molar-refractivity contribution in [1.29, 1.82) is 0 Å². The number of rotatable bonds is 9. The summed E-state index contributed by atoms with van der Waals surface area (Å²) < 4.78 is 47.4. The maximum absolute atomic E-state index is 14.1. The Kier molecular flexibility index (Phi) is 7.38. The molecule has 3 aromatic carbocycles. The number of hydrogen-bond donors (Lipinski definition) is 2. The molecule has 0 aliphatic carbocycles.